The van der Waals surface area contributed by atoms with Crippen LogP contribution in [0, 0.1) is 29.1 Å². The Bertz CT molecular complexity index is 1160. The number of morpholine rings is 1. The lowest BCUT2D eigenvalue weighted by Crippen LogP contribution is -2.53. The number of amides is 2. The maximum atomic E-state index is 13.8. The standard InChI is InChI=1S/C28H37BN4O6/c1-18-16-32(9-10-38-18)27(2,3)13-20(15-30)25(34)33-23-12-21(23)22-14-28(22,33)17-39-26(35)31-24(29(36)37)11-19-7-5-4-6-8-19/h4-8,20-24,36-37H,1,9-14,16-17H2,2-3H3,(H,31,35)/t20?,21?,22?,23?,24-,28?/m0/s1. The molecule has 2 amide bonds. The van der Waals surface area contributed by atoms with Crippen molar-refractivity contribution < 1.29 is 29.1 Å². The number of ether oxygens (including phenoxy) is 2. The zero-order valence-electron chi connectivity index (χ0n) is 22.6. The van der Waals surface area contributed by atoms with Crippen LogP contribution >= 0.6 is 0 Å². The molecule has 2 heterocycles. The molecule has 39 heavy (non-hydrogen) atoms. The van der Waals surface area contributed by atoms with E-state index in [1.165, 1.54) is 0 Å². The Morgan fingerprint density at radius 2 is 2.10 bits per heavy atom. The summed E-state index contributed by atoms with van der Waals surface area (Å²) < 4.78 is 11.1. The van der Waals surface area contributed by atoms with Gasteiger partial charge in [0.15, 0.2) is 0 Å². The third kappa shape index (κ3) is 5.51. The van der Waals surface area contributed by atoms with Crippen LogP contribution in [-0.2, 0) is 20.7 Å². The zero-order chi connectivity index (χ0) is 27.9. The van der Waals surface area contributed by atoms with Gasteiger partial charge in [-0.25, -0.2) is 4.79 Å². The molecule has 1 aromatic rings. The topological polar surface area (TPSA) is 135 Å². The summed E-state index contributed by atoms with van der Waals surface area (Å²) in [5.74, 6) is -0.615. The molecule has 0 spiro atoms. The number of nitriles is 1. The molecule has 0 radical (unpaired) electrons. The minimum absolute atomic E-state index is 0.0205. The molecule has 2 aliphatic heterocycles. The summed E-state index contributed by atoms with van der Waals surface area (Å²) in [5, 5.41) is 32.2. The molecule has 5 unspecified atom stereocenters. The van der Waals surface area contributed by atoms with E-state index in [1.807, 2.05) is 49.1 Å². The van der Waals surface area contributed by atoms with Crippen molar-refractivity contribution in [2.75, 3.05) is 26.3 Å². The zero-order valence-corrected chi connectivity index (χ0v) is 22.6. The van der Waals surface area contributed by atoms with E-state index in [4.69, 9.17) is 9.47 Å². The normalized spacial score (nSPS) is 28.7. The van der Waals surface area contributed by atoms with Gasteiger partial charge in [-0.3, -0.25) is 9.69 Å². The van der Waals surface area contributed by atoms with Crippen molar-refractivity contribution in [2.45, 2.75) is 62.6 Å². The lowest BCUT2D eigenvalue weighted by molar-refractivity contribution is -0.139. The highest BCUT2D eigenvalue weighted by atomic mass is 16.6. The van der Waals surface area contributed by atoms with E-state index >= 15 is 0 Å². The van der Waals surface area contributed by atoms with Gasteiger partial charge in [0.1, 0.15) is 24.9 Å². The van der Waals surface area contributed by atoms with E-state index in [9.17, 15) is 24.9 Å². The van der Waals surface area contributed by atoms with Crippen molar-refractivity contribution in [2.24, 2.45) is 17.8 Å². The monoisotopic (exact) mass is 536 g/mol. The lowest BCUT2D eigenvalue weighted by Gasteiger charge is -2.42. The molecule has 2 saturated carbocycles. The number of carbonyl (C=O) groups excluding carboxylic acids is 2. The Morgan fingerprint density at radius 3 is 2.77 bits per heavy atom. The van der Waals surface area contributed by atoms with Crippen LogP contribution < -0.4 is 5.32 Å². The molecule has 208 valence electrons. The number of benzene rings is 1. The second-order valence-corrected chi connectivity index (χ2v) is 12.0. The highest BCUT2D eigenvalue weighted by Gasteiger charge is 2.77. The summed E-state index contributed by atoms with van der Waals surface area (Å²) in [4.78, 5) is 30.5. The molecule has 0 aromatic heterocycles. The Kier molecular flexibility index (Phi) is 7.40. The number of alkyl carbamates (subject to hydrolysis) is 1. The van der Waals surface area contributed by atoms with Crippen LogP contribution in [0.5, 0.6) is 0 Å². The van der Waals surface area contributed by atoms with E-state index < -0.39 is 36.1 Å². The maximum absolute atomic E-state index is 13.8. The minimum atomic E-state index is -1.76. The Hall–Kier alpha value is -3.07. The predicted molar refractivity (Wildman–Crippen MR) is 143 cm³/mol. The van der Waals surface area contributed by atoms with Crippen LogP contribution in [0.2, 0.25) is 0 Å². The second kappa shape index (κ2) is 10.5. The molecule has 4 aliphatic rings. The fraction of sp³-hybridized carbons (Fsp3) is 0.607. The average molecular weight is 536 g/mol. The van der Waals surface area contributed by atoms with Gasteiger partial charge >= 0.3 is 13.2 Å². The van der Waals surface area contributed by atoms with Gasteiger partial charge in [-0.05, 0) is 56.9 Å². The first kappa shape index (κ1) is 27.5. The Morgan fingerprint density at radius 1 is 1.36 bits per heavy atom. The summed E-state index contributed by atoms with van der Waals surface area (Å²) in [7, 11) is -1.76. The highest BCUT2D eigenvalue weighted by Crippen LogP contribution is 2.70. The van der Waals surface area contributed by atoms with E-state index in [0.29, 0.717) is 37.8 Å². The molecule has 4 fully saturated rings. The smallest absolute Gasteiger partial charge is 0.475 e. The average Bonchev–Trinajstić information content (AvgIpc) is 3.82. The number of piperidine rings is 2. The van der Waals surface area contributed by atoms with Crippen LogP contribution in [-0.4, -0.2) is 88.3 Å². The molecular weight excluding hydrogens is 499 g/mol. The molecule has 2 aliphatic carbocycles. The van der Waals surface area contributed by atoms with Gasteiger partial charge in [0, 0.05) is 18.1 Å². The van der Waals surface area contributed by atoms with Crippen molar-refractivity contribution in [1.82, 2.24) is 15.1 Å². The van der Waals surface area contributed by atoms with Gasteiger partial charge in [-0.1, -0.05) is 36.9 Å². The van der Waals surface area contributed by atoms with Crippen LogP contribution in [0.3, 0.4) is 0 Å². The van der Waals surface area contributed by atoms with Crippen LogP contribution in [0.15, 0.2) is 42.7 Å². The molecule has 10 nitrogen and oxygen atoms in total. The predicted octanol–water partition coefficient (Wildman–Crippen LogP) is 1.48. The number of hydrogen-bond acceptors (Lipinski definition) is 8. The minimum Gasteiger partial charge on any atom is -0.496 e. The Labute approximate surface area is 229 Å². The number of carbonyl (C=O) groups is 2. The number of likely N-dealkylation sites (tertiary alicyclic amines) is 1. The summed E-state index contributed by atoms with van der Waals surface area (Å²) >= 11 is 0. The van der Waals surface area contributed by atoms with E-state index in [0.717, 1.165) is 18.4 Å². The molecule has 5 rings (SSSR count). The van der Waals surface area contributed by atoms with Gasteiger partial charge in [-0.15, -0.1) is 0 Å². The number of nitrogens with one attached hydrogen (secondary N) is 1. The number of fused-ring (bicyclic) bond motifs is 3. The quantitative estimate of drug-likeness (QED) is 0.383. The molecular formula is C28H37BN4O6. The highest BCUT2D eigenvalue weighted by molar-refractivity contribution is 6.43. The van der Waals surface area contributed by atoms with Crippen molar-refractivity contribution in [3.63, 3.8) is 0 Å². The van der Waals surface area contributed by atoms with E-state index in [2.05, 4.69) is 22.9 Å². The first-order valence-electron chi connectivity index (χ1n) is 13.7. The molecule has 11 heteroatoms. The molecule has 6 atom stereocenters. The van der Waals surface area contributed by atoms with E-state index in [-0.39, 0.29) is 30.9 Å². The first-order chi connectivity index (χ1) is 18.6. The maximum Gasteiger partial charge on any atom is 0.475 e. The van der Waals surface area contributed by atoms with Crippen molar-refractivity contribution in [3.8, 4) is 6.07 Å². The third-order valence-electron chi connectivity index (χ3n) is 8.94. The fourth-order valence-corrected chi connectivity index (χ4v) is 6.65. The second-order valence-electron chi connectivity index (χ2n) is 12.0. The third-order valence-corrected chi connectivity index (χ3v) is 8.94. The summed E-state index contributed by atoms with van der Waals surface area (Å²) in [6, 6.07) is 11.6. The van der Waals surface area contributed by atoms with Crippen molar-refractivity contribution in [3.05, 3.63) is 48.2 Å². The number of hydrogen-bond donors (Lipinski definition) is 3. The van der Waals surface area contributed by atoms with E-state index in [1.54, 1.807) is 0 Å². The lowest BCUT2D eigenvalue weighted by atomic mass is 9.76. The fourth-order valence-electron chi connectivity index (χ4n) is 6.65. The first-order valence-corrected chi connectivity index (χ1v) is 13.7. The van der Waals surface area contributed by atoms with Gasteiger partial charge in [0.2, 0.25) is 5.91 Å². The molecule has 1 aromatic carbocycles. The van der Waals surface area contributed by atoms with Crippen molar-refractivity contribution >= 4 is 19.1 Å². The van der Waals surface area contributed by atoms with Gasteiger partial charge in [0.05, 0.1) is 24.1 Å². The van der Waals surface area contributed by atoms with Gasteiger partial charge in [-0.2, -0.15) is 5.26 Å². The summed E-state index contributed by atoms with van der Waals surface area (Å²) in [6.45, 7) is 9.82. The SMILES string of the molecule is C=C1CN(C(C)(C)CC(C#N)C(=O)N2C3CC3C3CC32COC(=O)N[C@@H](Cc2ccccc2)B(O)O)CCO1. The van der Waals surface area contributed by atoms with Crippen LogP contribution in [0.4, 0.5) is 4.79 Å². The molecule has 0 bridgehead atoms. The summed E-state index contributed by atoms with van der Waals surface area (Å²) in [5.41, 5.74) is -0.144. The van der Waals surface area contributed by atoms with Crippen LogP contribution in [0.25, 0.3) is 0 Å². The number of rotatable bonds is 10. The Balaban J connectivity index is 1.21. The van der Waals surface area contributed by atoms with Gasteiger partial charge < -0.3 is 29.7 Å². The van der Waals surface area contributed by atoms with Crippen LogP contribution in [0.1, 0.15) is 38.7 Å². The largest absolute Gasteiger partial charge is 0.496 e. The molecule has 3 N–H and O–H groups in total. The van der Waals surface area contributed by atoms with Gasteiger partial charge in [0.25, 0.3) is 0 Å². The molecule has 2 saturated heterocycles. The van der Waals surface area contributed by atoms with Crippen molar-refractivity contribution in [1.29, 1.82) is 5.26 Å². The number of nitrogens with zero attached hydrogens (tertiary/aromatic N) is 3. The summed E-state index contributed by atoms with van der Waals surface area (Å²) in [6.07, 6.45) is 1.51.